The third kappa shape index (κ3) is 3.78. The lowest BCUT2D eigenvalue weighted by atomic mass is 9.87. The molecule has 0 bridgehead atoms. The van der Waals surface area contributed by atoms with Crippen LogP contribution >= 0.6 is 0 Å². The third-order valence-corrected chi connectivity index (χ3v) is 6.93. The minimum atomic E-state index is -4.05. The number of hydrogen-bond donors (Lipinski definition) is 2. The van der Waals surface area contributed by atoms with E-state index in [1.807, 2.05) is 0 Å². The number of furan rings is 1. The molecule has 2 aliphatic rings. The van der Waals surface area contributed by atoms with Gasteiger partial charge in [-0.2, -0.15) is 4.31 Å². The summed E-state index contributed by atoms with van der Waals surface area (Å²) in [6.45, 7) is 2.37. The minimum absolute atomic E-state index is 0.0821. The Bertz CT molecular complexity index is 787. The lowest BCUT2D eigenvalue weighted by molar-refractivity contribution is -0.125. The number of sulfonamides is 1. The summed E-state index contributed by atoms with van der Waals surface area (Å²) < 4.78 is 31.7. The van der Waals surface area contributed by atoms with Gasteiger partial charge in [-0.3, -0.25) is 4.79 Å². The van der Waals surface area contributed by atoms with Crippen LogP contribution in [0.25, 0.3) is 0 Å². The Morgan fingerprint density at radius 2 is 2.00 bits per heavy atom. The Labute approximate surface area is 152 Å². The Morgan fingerprint density at radius 1 is 1.23 bits per heavy atom. The number of hydrogen-bond acceptors (Lipinski definition) is 5. The van der Waals surface area contributed by atoms with E-state index in [1.54, 1.807) is 0 Å². The molecule has 1 aromatic heterocycles. The van der Waals surface area contributed by atoms with Crippen molar-refractivity contribution in [2.24, 2.45) is 5.92 Å². The summed E-state index contributed by atoms with van der Waals surface area (Å²) in [5, 5.41) is 11.5. The van der Waals surface area contributed by atoms with Gasteiger partial charge in [0.2, 0.25) is 16.8 Å². The summed E-state index contributed by atoms with van der Waals surface area (Å²) in [5.74, 6) is -1.52. The third-order valence-electron chi connectivity index (χ3n) is 5.14. The Balaban J connectivity index is 1.73. The van der Waals surface area contributed by atoms with E-state index in [0.717, 1.165) is 42.1 Å². The molecule has 8 nitrogen and oxygen atoms in total. The molecular weight excluding hydrogens is 360 g/mol. The number of aromatic carboxylic acids is 1. The maximum Gasteiger partial charge on any atom is 0.371 e. The van der Waals surface area contributed by atoms with Crippen LogP contribution in [0.2, 0.25) is 0 Å². The van der Waals surface area contributed by atoms with Crippen LogP contribution in [0, 0.1) is 5.92 Å². The van der Waals surface area contributed by atoms with Gasteiger partial charge < -0.3 is 14.8 Å². The van der Waals surface area contributed by atoms with Crippen molar-refractivity contribution >= 4 is 21.9 Å². The molecule has 3 unspecified atom stereocenters. The fraction of sp³-hybridized carbons (Fsp3) is 0.647. The van der Waals surface area contributed by atoms with E-state index in [0.29, 0.717) is 18.8 Å². The Kier molecular flexibility index (Phi) is 5.38. The van der Waals surface area contributed by atoms with Crippen LogP contribution in [0.5, 0.6) is 0 Å². The number of carboxylic acids is 1. The number of amides is 1. The van der Waals surface area contributed by atoms with E-state index in [-0.39, 0.29) is 18.5 Å². The number of rotatable bonds is 5. The van der Waals surface area contributed by atoms with Gasteiger partial charge in [0.25, 0.3) is 10.0 Å². The molecule has 0 aromatic carbocycles. The highest BCUT2D eigenvalue weighted by Crippen LogP contribution is 2.29. The zero-order valence-corrected chi connectivity index (χ0v) is 15.5. The molecule has 1 saturated heterocycles. The molecule has 1 aliphatic carbocycles. The molecule has 1 aromatic rings. The van der Waals surface area contributed by atoms with Crippen molar-refractivity contribution in [3.05, 3.63) is 17.9 Å². The topological polar surface area (TPSA) is 117 Å². The lowest BCUT2D eigenvalue weighted by Gasteiger charge is -2.30. The highest BCUT2D eigenvalue weighted by atomic mass is 32.2. The molecule has 9 heteroatoms. The molecular formula is C17H24N2O6S. The van der Waals surface area contributed by atoms with Gasteiger partial charge in [-0.15, -0.1) is 0 Å². The van der Waals surface area contributed by atoms with Crippen molar-refractivity contribution in [2.75, 3.05) is 6.54 Å². The van der Waals surface area contributed by atoms with Crippen LogP contribution in [0.3, 0.4) is 0 Å². The second-order valence-corrected chi connectivity index (χ2v) is 9.00. The number of carboxylic acid groups (broad SMARTS) is 1. The predicted octanol–water partition coefficient (Wildman–Crippen LogP) is 1.83. The fourth-order valence-corrected chi connectivity index (χ4v) is 5.41. The Morgan fingerprint density at radius 3 is 2.65 bits per heavy atom. The lowest BCUT2D eigenvalue weighted by Crippen LogP contribution is -2.49. The van der Waals surface area contributed by atoms with Gasteiger partial charge >= 0.3 is 5.97 Å². The van der Waals surface area contributed by atoms with Gasteiger partial charge in [-0.05, 0) is 43.7 Å². The average molecular weight is 384 g/mol. The molecule has 2 N–H and O–H groups in total. The standard InChI is InChI=1S/C17H24N2O6S/c1-11-4-2-5-12(10-11)18-16(20)13-6-3-9-19(13)26(23,24)15-8-7-14(25-15)17(21)22/h7-8,11-13H,2-6,9-10H2,1H3,(H,18,20)(H,21,22). The largest absolute Gasteiger partial charge is 0.475 e. The molecule has 3 atom stereocenters. The van der Waals surface area contributed by atoms with Crippen molar-refractivity contribution in [2.45, 2.75) is 62.6 Å². The highest BCUT2D eigenvalue weighted by molar-refractivity contribution is 7.89. The first-order chi connectivity index (χ1) is 12.3. The summed E-state index contributed by atoms with van der Waals surface area (Å²) in [6, 6.07) is 1.52. The van der Waals surface area contributed by atoms with E-state index in [4.69, 9.17) is 9.52 Å². The molecule has 0 radical (unpaired) electrons. The Hall–Kier alpha value is -1.87. The van der Waals surface area contributed by atoms with E-state index < -0.39 is 32.9 Å². The molecule has 144 valence electrons. The summed E-state index contributed by atoms with van der Waals surface area (Å²) >= 11 is 0. The van der Waals surface area contributed by atoms with Gasteiger partial charge in [0.1, 0.15) is 6.04 Å². The monoisotopic (exact) mass is 384 g/mol. The van der Waals surface area contributed by atoms with Gasteiger partial charge in [0, 0.05) is 12.6 Å². The van der Waals surface area contributed by atoms with Crippen molar-refractivity contribution in [3.8, 4) is 0 Å². The van der Waals surface area contributed by atoms with Crippen molar-refractivity contribution < 1.29 is 27.5 Å². The smallest absolute Gasteiger partial charge is 0.371 e. The first kappa shape index (κ1) is 18.9. The van der Waals surface area contributed by atoms with Gasteiger partial charge in [0.05, 0.1) is 0 Å². The molecule has 26 heavy (non-hydrogen) atoms. The van der Waals surface area contributed by atoms with E-state index in [9.17, 15) is 18.0 Å². The maximum absolute atomic E-state index is 12.8. The maximum atomic E-state index is 12.8. The summed E-state index contributed by atoms with van der Waals surface area (Å²) in [7, 11) is -4.05. The predicted molar refractivity (Wildman–Crippen MR) is 92.1 cm³/mol. The first-order valence-electron chi connectivity index (χ1n) is 8.94. The van der Waals surface area contributed by atoms with Crippen LogP contribution in [0.1, 0.15) is 56.0 Å². The number of nitrogens with zero attached hydrogens (tertiary/aromatic N) is 1. The minimum Gasteiger partial charge on any atom is -0.475 e. The van der Waals surface area contributed by atoms with Crippen LogP contribution in [0.4, 0.5) is 0 Å². The molecule has 1 aliphatic heterocycles. The second-order valence-electron chi connectivity index (χ2n) is 7.17. The van der Waals surface area contributed by atoms with Crippen molar-refractivity contribution in [3.63, 3.8) is 0 Å². The number of carbonyl (C=O) groups is 2. The van der Waals surface area contributed by atoms with Crippen molar-refractivity contribution in [1.29, 1.82) is 0 Å². The summed E-state index contributed by atoms with van der Waals surface area (Å²) in [4.78, 5) is 23.6. The SMILES string of the molecule is CC1CCCC(NC(=O)C2CCCN2S(=O)(=O)c2ccc(C(=O)O)o2)C1. The fourth-order valence-electron chi connectivity index (χ4n) is 3.84. The molecule has 1 saturated carbocycles. The van der Waals surface area contributed by atoms with Crippen LogP contribution in [-0.4, -0.2) is 48.3 Å². The highest BCUT2D eigenvalue weighted by Gasteiger charge is 2.41. The first-order valence-corrected chi connectivity index (χ1v) is 10.4. The molecule has 2 heterocycles. The van der Waals surface area contributed by atoms with Crippen LogP contribution in [-0.2, 0) is 14.8 Å². The zero-order chi connectivity index (χ0) is 18.9. The second kappa shape index (κ2) is 7.40. The quantitative estimate of drug-likeness (QED) is 0.800. The van der Waals surface area contributed by atoms with E-state index >= 15 is 0 Å². The molecule has 2 fully saturated rings. The van der Waals surface area contributed by atoms with Gasteiger partial charge in [-0.1, -0.05) is 19.8 Å². The van der Waals surface area contributed by atoms with Gasteiger partial charge in [0.15, 0.2) is 0 Å². The van der Waals surface area contributed by atoms with Crippen molar-refractivity contribution in [1.82, 2.24) is 9.62 Å². The molecule has 3 rings (SSSR count). The molecule has 0 spiro atoms. The number of nitrogens with one attached hydrogen (secondary N) is 1. The van der Waals surface area contributed by atoms with Gasteiger partial charge in [-0.25, -0.2) is 13.2 Å². The summed E-state index contributed by atoms with van der Waals surface area (Å²) in [5.41, 5.74) is 0. The molecule has 1 amide bonds. The summed E-state index contributed by atoms with van der Waals surface area (Å²) in [6.07, 6.45) is 5.05. The van der Waals surface area contributed by atoms with E-state index in [1.165, 1.54) is 0 Å². The van der Waals surface area contributed by atoms with Crippen LogP contribution in [0.15, 0.2) is 21.6 Å². The number of carbonyl (C=O) groups excluding carboxylic acids is 1. The normalized spacial score (nSPS) is 27.3. The zero-order valence-electron chi connectivity index (χ0n) is 14.7. The van der Waals surface area contributed by atoms with Crippen LogP contribution < -0.4 is 5.32 Å². The van der Waals surface area contributed by atoms with E-state index in [2.05, 4.69) is 12.2 Å². The average Bonchev–Trinajstić information content (AvgIpc) is 3.25.